The standard InChI is InChI=1S/C8H8N4O2S2/c1-9-4-6-10-11-8(16-6)5-2-3-7(15-5)12(13)14/h2-3,9H,4H2,1H3. The molecule has 0 spiro atoms. The van der Waals surface area contributed by atoms with Crippen molar-refractivity contribution < 1.29 is 4.92 Å². The second kappa shape index (κ2) is 4.64. The molecule has 16 heavy (non-hydrogen) atoms. The number of aromatic nitrogens is 2. The molecule has 2 aromatic heterocycles. The van der Waals surface area contributed by atoms with Crippen LogP contribution in [0.2, 0.25) is 0 Å². The maximum Gasteiger partial charge on any atom is 0.324 e. The third-order valence-corrected chi connectivity index (χ3v) is 3.91. The van der Waals surface area contributed by atoms with Crippen LogP contribution in [0.3, 0.4) is 0 Å². The van der Waals surface area contributed by atoms with E-state index in [2.05, 4.69) is 15.5 Å². The molecule has 0 atom stereocenters. The highest BCUT2D eigenvalue weighted by atomic mass is 32.1. The van der Waals surface area contributed by atoms with Crippen LogP contribution in [0.15, 0.2) is 12.1 Å². The predicted molar refractivity (Wildman–Crippen MR) is 62.6 cm³/mol. The van der Waals surface area contributed by atoms with Crippen LogP contribution in [-0.2, 0) is 6.54 Å². The van der Waals surface area contributed by atoms with Gasteiger partial charge >= 0.3 is 5.00 Å². The lowest BCUT2D eigenvalue weighted by atomic mass is 10.5. The van der Waals surface area contributed by atoms with Gasteiger partial charge in [0, 0.05) is 12.6 Å². The zero-order valence-corrected chi connectivity index (χ0v) is 9.97. The first-order valence-electron chi connectivity index (χ1n) is 4.42. The first-order chi connectivity index (χ1) is 7.70. The molecule has 0 amide bonds. The number of hydrogen-bond acceptors (Lipinski definition) is 7. The second-order valence-electron chi connectivity index (χ2n) is 2.93. The molecule has 2 rings (SSSR count). The summed E-state index contributed by atoms with van der Waals surface area (Å²) in [5.74, 6) is 0. The Morgan fingerprint density at radius 2 is 2.25 bits per heavy atom. The zero-order valence-electron chi connectivity index (χ0n) is 8.34. The van der Waals surface area contributed by atoms with Crippen LogP contribution in [0.5, 0.6) is 0 Å². The first kappa shape index (κ1) is 11.1. The third-order valence-electron chi connectivity index (χ3n) is 1.78. The molecule has 6 nitrogen and oxygen atoms in total. The minimum Gasteiger partial charge on any atom is -0.313 e. The van der Waals surface area contributed by atoms with Gasteiger partial charge in [-0.05, 0) is 13.1 Å². The Hall–Kier alpha value is -1.38. The number of hydrogen-bond donors (Lipinski definition) is 1. The average molecular weight is 256 g/mol. The van der Waals surface area contributed by atoms with Gasteiger partial charge in [-0.2, -0.15) is 0 Å². The SMILES string of the molecule is CNCc1nnc(-c2ccc([N+](=O)[O-])s2)s1. The first-order valence-corrected chi connectivity index (χ1v) is 6.05. The van der Waals surface area contributed by atoms with Crippen LogP contribution in [-0.4, -0.2) is 22.2 Å². The monoisotopic (exact) mass is 256 g/mol. The third kappa shape index (κ3) is 2.23. The fraction of sp³-hybridized carbons (Fsp3) is 0.250. The van der Waals surface area contributed by atoms with Gasteiger partial charge in [0.1, 0.15) is 5.01 Å². The highest BCUT2D eigenvalue weighted by Crippen LogP contribution is 2.33. The Labute approximate surface area is 99.1 Å². The van der Waals surface area contributed by atoms with Crippen molar-refractivity contribution in [1.29, 1.82) is 0 Å². The maximum absolute atomic E-state index is 10.5. The number of thiophene rings is 1. The number of nitro groups is 1. The molecular weight excluding hydrogens is 248 g/mol. The van der Waals surface area contributed by atoms with Crippen LogP contribution >= 0.6 is 22.7 Å². The molecule has 0 saturated carbocycles. The van der Waals surface area contributed by atoms with Crippen molar-refractivity contribution in [3.8, 4) is 9.88 Å². The number of rotatable bonds is 4. The van der Waals surface area contributed by atoms with Crippen LogP contribution in [0, 0.1) is 10.1 Å². The van der Waals surface area contributed by atoms with Gasteiger partial charge in [-0.25, -0.2) is 0 Å². The number of nitrogens with one attached hydrogen (secondary N) is 1. The molecule has 2 aromatic rings. The zero-order chi connectivity index (χ0) is 11.5. The summed E-state index contributed by atoms with van der Waals surface area (Å²) in [6.45, 7) is 0.658. The summed E-state index contributed by atoms with van der Waals surface area (Å²) < 4.78 is 0. The topological polar surface area (TPSA) is 81.0 Å². The van der Waals surface area contributed by atoms with Gasteiger partial charge in [0.15, 0.2) is 5.01 Å². The predicted octanol–water partition coefficient (Wildman–Crippen LogP) is 1.89. The number of nitrogens with zero attached hydrogens (tertiary/aromatic N) is 3. The van der Waals surface area contributed by atoms with E-state index in [0.29, 0.717) is 6.54 Å². The molecule has 8 heteroatoms. The Balaban J connectivity index is 2.24. The highest BCUT2D eigenvalue weighted by Gasteiger charge is 2.14. The largest absolute Gasteiger partial charge is 0.324 e. The molecule has 0 fully saturated rings. The van der Waals surface area contributed by atoms with E-state index in [-0.39, 0.29) is 5.00 Å². The molecule has 84 valence electrons. The molecular formula is C8H8N4O2S2. The second-order valence-corrected chi connectivity index (χ2v) is 5.05. The minimum atomic E-state index is -0.399. The van der Waals surface area contributed by atoms with Crippen molar-refractivity contribution in [3.63, 3.8) is 0 Å². The normalized spacial score (nSPS) is 10.6. The van der Waals surface area contributed by atoms with Crippen molar-refractivity contribution in [2.24, 2.45) is 0 Å². The van der Waals surface area contributed by atoms with Gasteiger partial charge in [0.25, 0.3) is 0 Å². The molecule has 1 N–H and O–H groups in total. The quantitative estimate of drug-likeness (QED) is 0.667. The lowest BCUT2D eigenvalue weighted by Crippen LogP contribution is -2.04. The van der Waals surface area contributed by atoms with Crippen molar-refractivity contribution in [1.82, 2.24) is 15.5 Å². The van der Waals surface area contributed by atoms with E-state index in [1.54, 1.807) is 6.07 Å². The van der Waals surface area contributed by atoms with Gasteiger partial charge in [0.2, 0.25) is 0 Å². The summed E-state index contributed by atoms with van der Waals surface area (Å²) >= 11 is 2.55. The van der Waals surface area contributed by atoms with E-state index in [9.17, 15) is 10.1 Å². The summed E-state index contributed by atoms with van der Waals surface area (Å²) in [5.41, 5.74) is 0. The molecule has 0 aliphatic carbocycles. The molecule has 2 heterocycles. The fourth-order valence-electron chi connectivity index (χ4n) is 1.12. The van der Waals surface area contributed by atoms with Crippen molar-refractivity contribution in [2.75, 3.05) is 7.05 Å². The van der Waals surface area contributed by atoms with Crippen LogP contribution in [0.25, 0.3) is 9.88 Å². The molecule has 0 bridgehead atoms. The fourth-order valence-corrected chi connectivity index (χ4v) is 2.84. The summed E-state index contributed by atoms with van der Waals surface area (Å²) in [4.78, 5) is 10.9. The molecule has 0 aliphatic heterocycles. The van der Waals surface area contributed by atoms with E-state index in [0.717, 1.165) is 26.2 Å². The van der Waals surface area contributed by atoms with Crippen molar-refractivity contribution in [2.45, 2.75) is 6.54 Å². The Kier molecular flexibility index (Phi) is 3.22. The van der Waals surface area contributed by atoms with E-state index in [1.165, 1.54) is 17.4 Å². The molecule has 0 aromatic carbocycles. The van der Waals surface area contributed by atoms with E-state index in [1.807, 2.05) is 7.05 Å². The van der Waals surface area contributed by atoms with E-state index in [4.69, 9.17) is 0 Å². The Morgan fingerprint density at radius 1 is 1.44 bits per heavy atom. The van der Waals surface area contributed by atoms with Gasteiger partial charge < -0.3 is 5.32 Å². The van der Waals surface area contributed by atoms with Gasteiger partial charge in [0.05, 0.1) is 9.80 Å². The van der Waals surface area contributed by atoms with Crippen molar-refractivity contribution >= 4 is 27.7 Å². The molecule has 0 radical (unpaired) electrons. The summed E-state index contributed by atoms with van der Waals surface area (Å²) in [7, 11) is 1.83. The summed E-state index contributed by atoms with van der Waals surface area (Å²) in [5, 5.41) is 23.2. The maximum atomic E-state index is 10.5. The summed E-state index contributed by atoms with van der Waals surface area (Å²) in [6.07, 6.45) is 0. The smallest absolute Gasteiger partial charge is 0.313 e. The Bertz CT molecular complexity index is 508. The van der Waals surface area contributed by atoms with Gasteiger partial charge in [-0.15, -0.1) is 10.2 Å². The van der Waals surface area contributed by atoms with E-state index < -0.39 is 4.92 Å². The lowest BCUT2D eigenvalue weighted by Gasteiger charge is -1.88. The average Bonchev–Trinajstić information content (AvgIpc) is 2.84. The highest BCUT2D eigenvalue weighted by molar-refractivity contribution is 7.23. The Morgan fingerprint density at radius 3 is 2.88 bits per heavy atom. The van der Waals surface area contributed by atoms with Gasteiger partial charge in [-0.3, -0.25) is 10.1 Å². The lowest BCUT2D eigenvalue weighted by molar-refractivity contribution is -0.380. The molecule has 0 unspecified atom stereocenters. The van der Waals surface area contributed by atoms with E-state index >= 15 is 0 Å². The van der Waals surface area contributed by atoms with Gasteiger partial charge in [-0.1, -0.05) is 22.7 Å². The van der Waals surface area contributed by atoms with Crippen LogP contribution < -0.4 is 5.32 Å². The van der Waals surface area contributed by atoms with Crippen LogP contribution in [0.4, 0.5) is 5.00 Å². The van der Waals surface area contributed by atoms with Crippen LogP contribution in [0.1, 0.15) is 5.01 Å². The molecule has 0 saturated heterocycles. The summed E-state index contributed by atoms with van der Waals surface area (Å²) in [6, 6.07) is 3.19. The van der Waals surface area contributed by atoms with Crippen molar-refractivity contribution in [3.05, 3.63) is 27.3 Å². The minimum absolute atomic E-state index is 0.125. The molecule has 0 aliphatic rings.